The SMILES string of the molecule is CC(C)(C)c1coc(CNC(=O)Nc2cccc(C3CC3(F)F)c2)n1. The topological polar surface area (TPSA) is 67.2 Å². The summed E-state index contributed by atoms with van der Waals surface area (Å²) in [6.45, 7) is 6.20. The normalized spacial score (nSPS) is 18.7. The van der Waals surface area contributed by atoms with Crippen LogP contribution in [-0.2, 0) is 12.0 Å². The van der Waals surface area contributed by atoms with Crippen molar-refractivity contribution in [2.24, 2.45) is 0 Å². The highest BCUT2D eigenvalue weighted by atomic mass is 19.3. The molecule has 1 atom stereocenters. The molecule has 134 valence electrons. The number of hydrogen-bond acceptors (Lipinski definition) is 3. The fourth-order valence-corrected chi connectivity index (χ4v) is 2.48. The van der Waals surface area contributed by atoms with Gasteiger partial charge in [0.1, 0.15) is 6.26 Å². The second-order valence-electron chi connectivity index (χ2n) is 7.33. The molecule has 2 aromatic rings. The van der Waals surface area contributed by atoms with Crippen molar-refractivity contribution in [1.82, 2.24) is 10.3 Å². The molecule has 5 nitrogen and oxygen atoms in total. The molecule has 0 bridgehead atoms. The van der Waals surface area contributed by atoms with E-state index in [1.165, 1.54) is 0 Å². The zero-order chi connectivity index (χ0) is 18.2. The summed E-state index contributed by atoms with van der Waals surface area (Å²) in [5.74, 6) is -2.97. The highest BCUT2D eigenvalue weighted by molar-refractivity contribution is 5.89. The number of nitrogens with one attached hydrogen (secondary N) is 2. The first-order valence-electron chi connectivity index (χ1n) is 8.13. The van der Waals surface area contributed by atoms with Crippen LogP contribution in [-0.4, -0.2) is 16.9 Å². The first-order chi connectivity index (χ1) is 11.6. The van der Waals surface area contributed by atoms with Gasteiger partial charge in [0.25, 0.3) is 5.92 Å². The number of rotatable bonds is 4. The molecular formula is C18H21F2N3O2. The second-order valence-corrected chi connectivity index (χ2v) is 7.33. The minimum atomic E-state index is -2.63. The molecule has 1 heterocycles. The summed E-state index contributed by atoms with van der Waals surface area (Å²) < 4.78 is 31.6. The quantitative estimate of drug-likeness (QED) is 0.859. The van der Waals surface area contributed by atoms with Crippen LogP contribution in [0.2, 0.25) is 0 Å². The van der Waals surface area contributed by atoms with Gasteiger partial charge >= 0.3 is 6.03 Å². The maximum Gasteiger partial charge on any atom is 0.319 e. The van der Waals surface area contributed by atoms with Gasteiger partial charge in [0.15, 0.2) is 0 Å². The summed E-state index contributed by atoms with van der Waals surface area (Å²) in [6, 6.07) is 6.09. The molecule has 1 aliphatic carbocycles. The number of carbonyl (C=O) groups is 1. The van der Waals surface area contributed by atoms with E-state index in [2.05, 4.69) is 15.6 Å². The van der Waals surface area contributed by atoms with Gasteiger partial charge in [-0.05, 0) is 17.7 Å². The molecule has 1 saturated carbocycles. The van der Waals surface area contributed by atoms with E-state index in [0.717, 1.165) is 5.69 Å². The number of urea groups is 1. The fraction of sp³-hybridized carbons (Fsp3) is 0.444. The van der Waals surface area contributed by atoms with Gasteiger partial charge in [-0.2, -0.15) is 0 Å². The number of nitrogens with zero attached hydrogens (tertiary/aromatic N) is 1. The van der Waals surface area contributed by atoms with Crippen molar-refractivity contribution in [3.05, 3.63) is 47.7 Å². The van der Waals surface area contributed by atoms with E-state index >= 15 is 0 Å². The number of halogens is 2. The molecule has 1 unspecified atom stereocenters. The molecule has 25 heavy (non-hydrogen) atoms. The molecule has 1 aliphatic rings. The van der Waals surface area contributed by atoms with Crippen LogP contribution in [0.5, 0.6) is 0 Å². The summed E-state index contributed by atoms with van der Waals surface area (Å²) in [4.78, 5) is 16.3. The van der Waals surface area contributed by atoms with Gasteiger partial charge in [0.2, 0.25) is 5.89 Å². The molecule has 7 heteroatoms. The lowest BCUT2D eigenvalue weighted by Gasteiger charge is -2.13. The summed E-state index contributed by atoms with van der Waals surface area (Å²) >= 11 is 0. The van der Waals surface area contributed by atoms with Crippen molar-refractivity contribution in [1.29, 1.82) is 0 Å². The van der Waals surface area contributed by atoms with Crippen LogP contribution in [0.15, 0.2) is 34.9 Å². The number of aromatic nitrogens is 1. The van der Waals surface area contributed by atoms with E-state index in [1.807, 2.05) is 20.8 Å². The van der Waals surface area contributed by atoms with Crippen molar-refractivity contribution in [3.8, 4) is 0 Å². The number of carbonyl (C=O) groups excluding carboxylic acids is 1. The van der Waals surface area contributed by atoms with Gasteiger partial charge in [0.05, 0.1) is 18.2 Å². The molecule has 0 saturated heterocycles. The molecule has 1 aromatic carbocycles. The monoisotopic (exact) mass is 349 g/mol. The third kappa shape index (κ3) is 4.15. The number of alkyl halides is 2. The highest BCUT2D eigenvalue weighted by Gasteiger charge is 2.57. The Labute approximate surface area is 144 Å². The van der Waals surface area contributed by atoms with Gasteiger partial charge in [-0.3, -0.25) is 0 Å². The minimum absolute atomic E-state index is 0.130. The molecule has 0 spiro atoms. The van der Waals surface area contributed by atoms with Crippen LogP contribution in [0.25, 0.3) is 0 Å². The molecule has 0 aliphatic heterocycles. The first kappa shape index (κ1) is 17.4. The summed E-state index contributed by atoms with van der Waals surface area (Å²) in [6.07, 6.45) is 1.44. The Morgan fingerprint density at radius 3 is 2.72 bits per heavy atom. The lowest BCUT2D eigenvalue weighted by molar-refractivity contribution is 0.112. The number of anilines is 1. The van der Waals surface area contributed by atoms with Gasteiger partial charge in [-0.15, -0.1) is 0 Å². The Balaban J connectivity index is 1.55. The van der Waals surface area contributed by atoms with E-state index in [4.69, 9.17) is 4.42 Å². The molecule has 3 rings (SSSR count). The zero-order valence-electron chi connectivity index (χ0n) is 14.4. The van der Waals surface area contributed by atoms with E-state index in [0.29, 0.717) is 17.1 Å². The van der Waals surface area contributed by atoms with Crippen LogP contribution < -0.4 is 10.6 Å². The smallest absolute Gasteiger partial charge is 0.319 e. The lowest BCUT2D eigenvalue weighted by Crippen LogP contribution is -2.28. The second kappa shape index (κ2) is 6.13. The fourth-order valence-electron chi connectivity index (χ4n) is 2.48. The van der Waals surface area contributed by atoms with Crippen molar-refractivity contribution < 1.29 is 18.0 Å². The van der Waals surface area contributed by atoms with Crippen molar-refractivity contribution in [2.45, 2.75) is 51.0 Å². The molecule has 1 fully saturated rings. The number of amides is 2. The number of oxazole rings is 1. The minimum Gasteiger partial charge on any atom is -0.447 e. The zero-order valence-corrected chi connectivity index (χ0v) is 14.4. The average Bonchev–Trinajstić information content (AvgIpc) is 2.95. The third-order valence-electron chi connectivity index (χ3n) is 4.09. The Hall–Kier alpha value is -2.44. The summed E-state index contributed by atoms with van der Waals surface area (Å²) in [5, 5.41) is 5.27. The number of hydrogen-bond donors (Lipinski definition) is 2. The van der Waals surface area contributed by atoms with E-state index < -0.39 is 17.9 Å². The number of benzene rings is 1. The van der Waals surface area contributed by atoms with E-state index in [1.54, 1.807) is 30.5 Å². The van der Waals surface area contributed by atoms with Gasteiger partial charge < -0.3 is 15.1 Å². The molecule has 0 radical (unpaired) electrons. The maximum atomic E-state index is 13.2. The predicted molar refractivity (Wildman–Crippen MR) is 89.8 cm³/mol. The Morgan fingerprint density at radius 1 is 1.40 bits per heavy atom. The van der Waals surface area contributed by atoms with Gasteiger partial charge in [0, 0.05) is 17.5 Å². The summed E-state index contributed by atoms with van der Waals surface area (Å²) in [7, 11) is 0. The first-order valence-corrected chi connectivity index (χ1v) is 8.13. The third-order valence-corrected chi connectivity index (χ3v) is 4.09. The van der Waals surface area contributed by atoms with Gasteiger partial charge in [-0.1, -0.05) is 32.9 Å². The van der Waals surface area contributed by atoms with Crippen molar-refractivity contribution >= 4 is 11.7 Å². The van der Waals surface area contributed by atoms with Crippen LogP contribution in [0.1, 0.15) is 50.3 Å². The Morgan fingerprint density at radius 2 is 2.12 bits per heavy atom. The van der Waals surface area contributed by atoms with E-state index in [-0.39, 0.29) is 18.4 Å². The lowest BCUT2D eigenvalue weighted by atomic mass is 9.93. The van der Waals surface area contributed by atoms with Crippen molar-refractivity contribution in [3.63, 3.8) is 0 Å². The standard InChI is InChI=1S/C18H21F2N3O2/c1-17(2,3)14-10-25-15(23-14)9-21-16(24)22-12-6-4-5-11(7-12)13-8-18(13,19)20/h4-7,10,13H,8-9H2,1-3H3,(H2,21,22,24). The van der Waals surface area contributed by atoms with Gasteiger partial charge in [-0.25, -0.2) is 18.6 Å². The van der Waals surface area contributed by atoms with Crippen molar-refractivity contribution in [2.75, 3.05) is 5.32 Å². The Kier molecular flexibility index (Phi) is 4.26. The molecular weight excluding hydrogens is 328 g/mol. The summed E-state index contributed by atoms with van der Waals surface area (Å²) in [5.41, 5.74) is 1.68. The molecule has 2 N–H and O–H groups in total. The van der Waals surface area contributed by atoms with Crippen LogP contribution in [0.3, 0.4) is 0 Å². The van der Waals surface area contributed by atoms with Crippen LogP contribution in [0.4, 0.5) is 19.3 Å². The largest absolute Gasteiger partial charge is 0.447 e. The van der Waals surface area contributed by atoms with Crippen LogP contribution >= 0.6 is 0 Å². The Bertz CT molecular complexity index is 781. The predicted octanol–water partition coefficient (Wildman–Crippen LogP) is 4.42. The van der Waals surface area contributed by atoms with E-state index in [9.17, 15) is 13.6 Å². The molecule has 1 aromatic heterocycles. The average molecular weight is 349 g/mol. The van der Waals surface area contributed by atoms with Crippen LogP contribution in [0, 0.1) is 0 Å². The maximum absolute atomic E-state index is 13.2. The molecule has 2 amide bonds. The highest BCUT2D eigenvalue weighted by Crippen LogP contribution is 2.55.